The second-order valence-electron chi connectivity index (χ2n) is 3.98. The molecule has 0 unspecified atom stereocenters. The molecule has 2 amide bonds. The van der Waals surface area contributed by atoms with E-state index < -0.39 is 27.5 Å². The minimum absolute atomic E-state index is 0.121. The molecule has 0 saturated carbocycles. The summed E-state index contributed by atoms with van der Waals surface area (Å²) in [4.78, 5) is 34.5. The van der Waals surface area contributed by atoms with E-state index >= 15 is 0 Å². The molecule has 7 nitrogen and oxygen atoms in total. The molecule has 1 heterocycles. The molecule has 0 atom stereocenters. The van der Waals surface area contributed by atoms with Crippen molar-refractivity contribution in [1.29, 1.82) is 0 Å². The van der Waals surface area contributed by atoms with Gasteiger partial charge in [0.25, 0.3) is 11.1 Å². The maximum Gasteiger partial charge on any atom is 0.311 e. The predicted octanol–water partition coefficient (Wildman–Crippen LogP) is 1.97. The third-order valence-corrected chi connectivity index (χ3v) is 3.52. The highest BCUT2D eigenvalue weighted by Crippen LogP contribution is 2.33. The molecular formula is C13H8N2O5S. The van der Waals surface area contributed by atoms with Crippen LogP contribution < -0.4 is 0 Å². The number of amides is 2. The van der Waals surface area contributed by atoms with Crippen LogP contribution in [0.3, 0.4) is 0 Å². The Hall–Kier alpha value is -2.79. The van der Waals surface area contributed by atoms with Gasteiger partial charge in [0.2, 0.25) is 0 Å². The number of aromatic hydroxyl groups is 1. The molecule has 1 saturated heterocycles. The topological polar surface area (TPSA) is 101 Å². The number of terminal acetylenes is 1. The second-order valence-corrected chi connectivity index (χ2v) is 4.97. The number of rotatable bonds is 3. The van der Waals surface area contributed by atoms with Crippen LogP contribution in [0.5, 0.6) is 5.75 Å². The van der Waals surface area contributed by atoms with Crippen molar-refractivity contribution in [2.45, 2.75) is 0 Å². The van der Waals surface area contributed by atoms with Gasteiger partial charge in [0.15, 0.2) is 5.75 Å². The van der Waals surface area contributed by atoms with Gasteiger partial charge in [0.1, 0.15) is 0 Å². The fourth-order valence-electron chi connectivity index (χ4n) is 1.66. The van der Waals surface area contributed by atoms with Gasteiger partial charge in [-0.05, 0) is 29.5 Å². The highest BCUT2D eigenvalue weighted by atomic mass is 32.2. The standard InChI is InChI=1S/C13H8N2O5S/c1-2-5-14-12(17)11(21-13(14)18)7-8-3-4-10(16)9(6-8)15(19)20/h1,3-4,6-7,16H,5H2. The molecule has 0 radical (unpaired) electrons. The summed E-state index contributed by atoms with van der Waals surface area (Å²) in [6.07, 6.45) is 6.41. The summed E-state index contributed by atoms with van der Waals surface area (Å²) in [5.74, 6) is 1.19. The fraction of sp³-hybridized carbons (Fsp3) is 0.0769. The predicted molar refractivity (Wildman–Crippen MR) is 76.3 cm³/mol. The molecule has 1 N–H and O–H groups in total. The summed E-state index contributed by atoms with van der Waals surface area (Å²) in [5.41, 5.74) is -0.155. The lowest BCUT2D eigenvalue weighted by Gasteiger charge is -2.06. The zero-order valence-corrected chi connectivity index (χ0v) is 11.3. The summed E-state index contributed by atoms with van der Waals surface area (Å²) in [6.45, 7) is -0.127. The molecule has 1 aliphatic rings. The van der Waals surface area contributed by atoms with Gasteiger partial charge in [-0.25, -0.2) is 0 Å². The number of phenols is 1. The van der Waals surface area contributed by atoms with Gasteiger partial charge >= 0.3 is 5.69 Å². The Morgan fingerprint density at radius 1 is 1.48 bits per heavy atom. The smallest absolute Gasteiger partial charge is 0.311 e. The van der Waals surface area contributed by atoms with Gasteiger partial charge in [-0.3, -0.25) is 24.6 Å². The number of benzene rings is 1. The molecule has 2 rings (SSSR count). The Labute approximate surface area is 123 Å². The summed E-state index contributed by atoms with van der Waals surface area (Å²) in [5, 5.41) is 19.6. The summed E-state index contributed by atoms with van der Waals surface area (Å²) < 4.78 is 0. The Kier molecular flexibility index (Phi) is 3.95. The van der Waals surface area contributed by atoms with Crippen LogP contribution >= 0.6 is 11.8 Å². The van der Waals surface area contributed by atoms with Gasteiger partial charge in [0.05, 0.1) is 16.4 Å². The SMILES string of the molecule is C#CCN1C(=O)SC(=Cc2ccc(O)c([N+](=O)[O-])c2)C1=O. The lowest BCUT2D eigenvalue weighted by molar-refractivity contribution is -0.385. The number of carbonyl (C=O) groups is 2. The van der Waals surface area contributed by atoms with E-state index in [4.69, 9.17) is 6.42 Å². The number of phenolic OH excluding ortho intramolecular Hbond substituents is 1. The minimum atomic E-state index is -0.739. The highest BCUT2D eigenvalue weighted by molar-refractivity contribution is 8.18. The Bertz CT molecular complexity index is 720. The van der Waals surface area contributed by atoms with Crippen LogP contribution in [0.4, 0.5) is 10.5 Å². The highest BCUT2D eigenvalue weighted by Gasteiger charge is 2.34. The van der Waals surface area contributed by atoms with Gasteiger partial charge in [-0.15, -0.1) is 6.42 Å². The van der Waals surface area contributed by atoms with E-state index in [0.717, 1.165) is 17.0 Å². The Balaban J connectivity index is 2.35. The third-order valence-electron chi connectivity index (χ3n) is 2.62. The molecule has 1 fully saturated rings. The van der Waals surface area contributed by atoms with Gasteiger partial charge in [-0.1, -0.05) is 12.0 Å². The average molecular weight is 304 g/mol. The van der Waals surface area contributed by atoms with Gasteiger partial charge in [-0.2, -0.15) is 0 Å². The number of nitrogens with zero attached hydrogens (tertiary/aromatic N) is 2. The maximum atomic E-state index is 11.9. The van der Waals surface area contributed by atoms with Crippen LogP contribution in [0, 0.1) is 22.5 Å². The number of carbonyl (C=O) groups excluding carboxylic acids is 2. The lowest BCUT2D eigenvalue weighted by Crippen LogP contribution is -2.28. The first kappa shape index (κ1) is 14.6. The van der Waals surface area contributed by atoms with E-state index in [0.29, 0.717) is 17.3 Å². The maximum absolute atomic E-state index is 11.9. The van der Waals surface area contributed by atoms with Crippen LogP contribution in [0.25, 0.3) is 6.08 Å². The number of hydrogen-bond donors (Lipinski definition) is 1. The number of imide groups is 1. The number of nitro groups is 1. The number of nitro benzene ring substituents is 1. The van der Waals surface area contributed by atoms with Gasteiger partial charge in [0, 0.05) is 6.07 Å². The van der Waals surface area contributed by atoms with Crippen LogP contribution in [-0.4, -0.2) is 32.6 Å². The van der Waals surface area contributed by atoms with Crippen molar-refractivity contribution in [2.75, 3.05) is 6.54 Å². The summed E-state index contributed by atoms with van der Waals surface area (Å²) in [7, 11) is 0. The molecule has 106 valence electrons. The van der Waals surface area contributed by atoms with Crippen LogP contribution in [0.1, 0.15) is 5.56 Å². The van der Waals surface area contributed by atoms with Crippen molar-refractivity contribution >= 4 is 34.7 Å². The number of hydrogen-bond acceptors (Lipinski definition) is 6. The van der Waals surface area contributed by atoms with E-state index in [9.17, 15) is 24.8 Å². The Morgan fingerprint density at radius 3 is 2.81 bits per heavy atom. The molecule has 1 aliphatic heterocycles. The van der Waals surface area contributed by atoms with E-state index in [2.05, 4.69) is 5.92 Å². The first-order valence-electron chi connectivity index (χ1n) is 5.60. The van der Waals surface area contributed by atoms with E-state index in [1.54, 1.807) is 0 Å². The first-order valence-corrected chi connectivity index (χ1v) is 6.42. The van der Waals surface area contributed by atoms with Crippen molar-refractivity contribution in [3.8, 4) is 18.1 Å². The fourth-order valence-corrected chi connectivity index (χ4v) is 2.49. The molecule has 0 aromatic heterocycles. The summed E-state index contributed by atoms with van der Waals surface area (Å²) >= 11 is 0.706. The lowest BCUT2D eigenvalue weighted by atomic mass is 10.1. The summed E-state index contributed by atoms with van der Waals surface area (Å²) in [6, 6.07) is 3.66. The van der Waals surface area contributed by atoms with Crippen molar-refractivity contribution < 1.29 is 19.6 Å². The third kappa shape index (κ3) is 2.88. The average Bonchev–Trinajstić information content (AvgIpc) is 2.69. The first-order chi connectivity index (χ1) is 9.93. The van der Waals surface area contributed by atoms with Crippen molar-refractivity contribution in [3.05, 3.63) is 38.8 Å². The quantitative estimate of drug-likeness (QED) is 0.396. The van der Waals surface area contributed by atoms with Crippen LogP contribution in [0.2, 0.25) is 0 Å². The van der Waals surface area contributed by atoms with E-state index in [-0.39, 0.29) is 11.4 Å². The van der Waals surface area contributed by atoms with Gasteiger partial charge < -0.3 is 5.11 Å². The molecule has 1 aromatic rings. The molecular weight excluding hydrogens is 296 g/mol. The van der Waals surface area contributed by atoms with Crippen molar-refractivity contribution in [2.24, 2.45) is 0 Å². The molecule has 0 bridgehead atoms. The molecule has 1 aromatic carbocycles. The molecule has 21 heavy (non-hydrogen) atoms. The van der Waals surface area contributed by atoms with E-state index in [1.807, 2.05) is 0 Å². The van der Waals surface area contributed by atoms with E-state index in [1.165, 1.54) is 12.1 Å². The monoisotopic (exact) mass is 304 g/mol. The Morgan fingerprint density at radius 2 is 2.19 bits per heavy atom. The molecule has 0 spiro atoms. The normalized spacial score (nSPS) is 16.3. The second kappa shape index (κ2) is 5.68. The van der Waals surface area contributed by atoms with Crippen LogP contribution in [0.15, 0.2) is 23.1 Å². The molecule has 8 heteroatoms. The zero-order valence-electron chi connectivity index (χ0n) is 10.5. The number of thioether (sulfide) groups is 1. The minimum Gasteiger partial charge on any atom is -0.502 e. The van der Waals surface area contributed by atoms with Crippen molar-refractivity contribution in [3.63, 3.8) is 0 Å². The molecule has 0 aliphatic carbocycles. The van der Waals surface area contributed by atoms with Crippen molar-refractivity contribution in [1.82, 2.24) is 4.90 Å². The zero-order chi connectivity index (χ0) is 15.6. The van der Waals surface area contributed by atoms with Crippen LogP contribution in [-0.2, 0) is 4.79 Å². The largest absolute Gasteiger partial charge is 0.502 e.